The van der Waals surface area contributed by atoms with Gasteiger partial charge in [0.15, 0.2) is 0 Å². The molecule has 0 radical (unpaired) electrons. The van der Waals surface area contributed by atoms with Crippen LogP contribution in [0.5, 0.6) is 5.75 Å². The van der Waals surface area contributed by atoms with E-state index in [0.717, 1.165) is 4.90 Å². The highest BCUT2D eigenvalue weighted by Gasteiger charge is 2.30. The third-order valence-corrected chi connectivity index (χ3v) is 5.73. The molecule has 2 amide bonds. The lowest BCUT2D eigenvalue weighted by atomic mass is 10.3. The molecule has 0 unspecified atom stereocenters. The zero-order valence-electron chi connectivity index (χ0n) is 14.2. The van der Waals surface area contributed by atoms with Gasteiger partial charge in [-0.1, -0.05) is 23.7 Å². The molecule has 2 aromatic rings. The molecule has 0 saturated carbocycles. The van der Waals surface area contributed by atoms with E-state index in [0.29, 0.717) is 16.5 Å². The van der Waals surface area contributed by atoms with Crippen LogP contribution in [0.2, 0.25) is 5.02 Å². The summed E-state index contributed by atoms with van der Waals surface area (Å²) in [5.74, 6) is -0.0985. The van der Waals surface area contributed by atoms with E-state index in [2.05, 4.69) is 4.72 Å². The second-order valence-electron chi connectivity index (χ2n) is 5.79. The van der Waals surface area contributed by atoms with Gasteiger partial charge >= 0.3 is 0 Å². The smallest absolute Gasteiger partial charge is 0.240 e. The fraction of sp³-hybridized carbons (Fsp3) is 0.222. The van der Waals surface area contributed by atoms with Crippen LogP contribution in [0.1, 0.15) is 12.8 Å². The monoisotopic (exact) mass is 408 g/mol. The van der Waals surface area contributed by atoms with E-state index in [1.165, 1.54) is 24.3 Å². The van der Waals surface area contributed by atoms with Crippen LogP contribution >= 0.6 is 11.6 Å². The van der Waals surface area contributed by atoms with Gasteiger partial charge in [-0.15, -0.1) is 0 Å². The first kappa shape index (κ1) is 19.3. The Balaban J connectivity index is 1.59. The molecule has 27 heavy (non-hydrogen) atoms. The minimum Gasteiger partial charge on any atom is -0.491 e. The summed E-state index contributed by atoms with van der Waals surface area (Å²) < 4.78 is 32.5. The van der Waals surface area contributed by atoms with Crippen molar-refractivity contribution in [3.05, 3.63) is 53.6 Å². The lowest BCUT2D eigenvalue weighted by molar-refractivity contribution is -0.121. The van der Waals surface area contributed by atoms with Crippen LogP contribution in [-0.4, -0.2) is 33.4 Å². The first-order chi connectivity index (χ1) is 12.9. The van der Waals surface area contributed by atoms with Gasteiger partial charge in [0.1, 0.15) is 12.4 Å². The van der Waals surface area contributed by atoms with E-state index < -0.39 is 10.0 Å². The first-order valence-electron chi connectivity index (χ1n) is 8.21. The van der Waals surface area contributed by atoms with Crippen LogP contribution in [0.4, 0.5) is 5.69 Å². The lowest BCUT2D eigenvalue weighted by Gasteiger charge is -2.14. The number of hydrogen-bond donors (Lipinski definition) is 1. The minimum atomic E-state index is -3.74. The zero-order chi connectivity index (χ0) is 19.4. The molecule has 3 rings (SSSR count). The number of amides is 2. The van der Waals surface area contributed by atoms with Crippen LogP contribution < -0.4 is 14.4 Å². The van der Waals surface area contributed by atoms with Gasteiger partial charge in [0.25, 0.3) is 0 Å². The van der Waals surface area contributed by atoms with Crippen LogP contribution in [0.3, 0.4) is 0 Å². The van der Waals surface area contributed by atoms with Crippen LogP contribution in [0.15, 0.2) is 53.4 Å². The third-order valence-electron chi connectivity index (χ3n) is 3.95. The van der Waals surface area contributed by atoms with Crippen molar-refractivity contribution in [2.45, 2.75) is 17.7 Å². The highest BCUT2D eigenvalue weighted by atomic mass is 35.5. The summed E-state index contributed by atoms with van der Waals surface area (Å²) in [5, 5.41) is 0.446. The van der Waals surface area contributed by atoms with Gasteiger partial charge in [-0.25, -0.2) is 13.1 Å². The van der Waals surface area contributed by atoms with Gasteiger partial charge in [0.05, 0.1) is 15.6 Å². The number of imide groups is 1. The van der Waals surface area contributed by atoms with Gasteiger partial charge in [0, 0.05) is 19.4 Å². The normalized spacial score (nSPS) is 14.6. The molecule has 0 aromatic heterocycles. The Kier molecular flexibility index (Phi) is 5.79. The molecule has 0 spiro atoms. The summed E-state index contributed by atoms with van der Waals surface area (Å²) in [4.78, 5) is 24.6. The molecule has 1 aliphatic rings. The zero-order valence-corrected chi connectivity index (χ0v) is 15.8. The Morgan fingerprint density at radius 2 is 1.63 bits per heavy atom. The van der Waals surface area contributed by atoms with Gasteiger partial charge < -0.3 is 4.74 Å². The van der Waals surface area contributed by atoms with Gasteiger partial charge in [0.2, 0.25) is 21.8 Å². The number of carbonyl (C=O) groups is 2. The predicted molar refractivity (Wildman–Crippen MR) is 100 cm³/mol. The minimum absolute atomic E-state index is 0.0306. The largest absolute Gasteiger partial charge is 0.491 e. The summed E-state index contributed by atoms with van der Waals surface area (Å²) in [5.41, 5.74) is 0.364. The Morgan fingerprint density at radius 1 is 1.00 bits per heavy atom. The van der Waals surface area contributed by atoms with Crippen LogP contribution in [0, 0.1) is 0 Å². The molecule has 7 nitrogen and oxygen atoms in total. The molecule has 1 N–H and O–H groups in total. The van der Waals surface area contributed by atoms with Gasteiger partial charge in [-0.05, 0) is 36.4 Å². The van der Waals surface area contributed by atoms with Crippen molar-refractivity contribution in [1.82, 2.24) is 4.72 Å². The molecular weight excluding hydrogens is 392 g/mol. The highest BCUT2D eigenvalue weighted by molar-refractivity contribution is 7.89. The van der Waals surface area contributed by atoms with Crippen molar-refractivity contribution in [2.24, 2.45) is 0 Å². The standard InChI is InChI=1S/C18H17ClN2O5S/c19-15-3-1-2-4-16(15)26-12-11-20-27(24,25)14-7-5-13(6-8-14)21-17(22)9-10-18(21)23/h1-8,20H,9-12H2. The van der Waals surface area contributed by atoms with E-state index in [9.17, 15) is 18.0 Å². The molecule has 9 heteroatoms. The van der Waals surface area contributed by atoms with E-state index in [1.807, 2.05) is 0 Å². The van der Waals surface area contributed by atoms with Crippen LogP contribution in [-0.2, 0) is 19.6 Å². The predicted octanol–water partition coefficient (Wildman–Crippen LogP) is 2.35. The van der Waals surface area contributed by atoms with Gasteiger partial charge in [-0.3, -0.25) is 14.5 Å². The summed E-state index contributed by atoms with van der Waals surface area (Å²) in [6.07, 6.45) is 0.345. The van der Waals surface area contributed by atoms with E-state index in [4.69, 9.17) is 16.3 Å². The molecule has 1 fully saturated rings. The van der Waals surface area contributed by atoms with Crippen molar-refractivity contribution in [2.75, 3.05) is 18.1 Å². The van der Waals surface area contributed by atoms with Crippen molar-refractivity contribution in [3.63, 3.8) is 0 Å². The average molecular weight is 409 g/mol. The number of rotatable bonds is 7. The fourth-order valence-corrected chi connectivity index (χ4v) is 3.82. The van der Waals surface area contributed by atoms with E-state index in [1.54, 1.807) is 24.3 Å². The third kappa shape index (κ3) is 4.47. The maximum atomic E-state index is 12.3. The number of sulfonamides is 1. The van der Waals surface area contributed by atoms with Crippen LogP contribution in [0.25, 0.3) is 0 Å². The highest BCUT2D eigenvalue weighted by Crippen LogP contribution is 2.24. The summed E-state index contributed by atoms with van der Waals surface area (Å²) in [7, 11) is -3.74. The van der Waals surface area contributed by atoms with E-state index in [-0.39, 0.29) is 42.7 Å². The number of benzene rings is 2. The summed E-state index contributed by atoms with van der Waals surface area (Å²) >= 11 is 5.96. The topological polar surface area (TPSA) is 92.8 Å². The van der Waals surface area contributed by atoms with Gasteiger partial charge in [-0.2, -0.15) is 0 Å². The van der Waals surface area contributed by atoms with E-state index >= 15 is 0 Å². The molecule has 2 aromatic carbocycles. The summed E-state index contributed by atoms with van der Waals surface area (Å²) in [6.45, 7) is 0.163. The molecule has 142 valence electrons. The molecule has 0 bridgehead atoms. The number of hydrogen-bond acceptors (Lipinski definition) is 5. The summed E-state index contributed by atoms with van der Waals surface area (Å²) in [6, 6.07) is 12.5. The average Bonchev–Trinajstić information content (AvgIpc) is 2.99. The quantitative estimate of drug-likeness (QED) is 0.560. The maximum Gasteiger partial charge on any atom is 0.240 e. The number of halogens is 1. The second-order valence-corrected chi connectivity index (χ2v) is 7.97. The lowest BCUT2D eigenvalue weighted by Crippen LogP contribution is -2.29. The Bertz CT molecular complexity index is 944. The number of nitrogens with one attached hydrogen (secondary N) is 1. The molecule has 1 saturated heterocycles. The van der Waals surface area contributed by atoms with Crippen molar-refractivity contribution < 1.29 is 22.7 Å². The number of ether oxygens (including phenoxy) is 1. The SMILES string of the molecule is O=C1CCC(=O)N1c1ccc(S(=O)(=O)NCCOc2ccccc2Cl)cc1. The fourth-order valence-electron chi connectivity index (χ4n) is 2.62. The molecule has 0 atom stereocenters. The van der Waals surface area contributed by atoms with Crippen molar-refractivity contribution in [3.8, 4) is 5.75 Å². The number of para-hydroxylation sites is 1. The number of nitrogens with zero attached hydrogens (tertiary/aromatic N) is 1. The van der Waals surface area contributed by atoms with Crippen molar-refractivity contribution in [1.29, 1.82) is 0 Å². The molecule has 1 aliphatic heterocycles. The van der Waals surface area contributed by atoms with Crippen molar-refractivity contribution >= 4 is 39.1 Å². The second kappa shape index (κ2) is 8.08. The molecular formula is C18H17ClN2O5S. The number of anilines is 1. The Morgan fingerprint density at radius 3 is 2.26 bits per heavy atom. The first-order valence-corrected chi connectivity index (χ1v) is 10.1. The molecule has 1 heterocycles. The Hall–Kier alpha value is -2.42. The Labute approximate surface area is 161 Å². The molecule has 0 aliphatic carbocycles. The maximum absolute atomic E-state index is 12.3. The number of carbonyl (C=O) groups excluding carboxylic acids is 2.